The molecule has 8 heteroatoms. The Morgan fingerprint density at radius 2 is 1.72 bits per heavy atom. The lowest BCUT2D eigenvalue weighted by Gasteiger charge is -2.31. The van der Waals surface area contributed by atoms with Crippen molar-refractivity contribution in [3.05, 3.63) is 28.2 Å². The smallest absolute Gasteiger partial charge is 0.246 e. The number of nitrogens with one attached hydrogen (secondary N) is 1. The number of carbonyl (C=O) groups is 1. The van der Waals surface area contributed by atoms with Gasteiger partial charge in [0.15, 0.2) is 0 Å². The van der Waals surface area contributed by atoms with Gasteiger partial charge in [-0.3, -0.25) is 4.79 Å². The van der Waals surface area contributed by atoms with E-state index in [0.29, 0.717) is 31.8 Å². The maximum absolute atomic E-state index is 12.8. The van der Waals surface area contributed by atoms with Crippen LogP contribution < -0.4 is 5.32 Å². The maximum atomic E-state index is 12.8. The Bertz CT molecular complexity index is 737. The molecule has 1 aromatic carbocycles. The normalized spacial score (nSPS) is 21.1. The molecule has 1 heterocycles. The summed E-state index contributed by atoms with van der Waals surface area (Å²) in [6, 6.07) is 4.84. The van der Waals surface area contributed by atoms with E-state index in [2.05, 4.69) is 5.32 Å². The van der Waals surface area contributed by atoms with E-state index in [1.165, 1.54) is 29.3 Å². The van der Waals surface area contributed by atoms with E-state index in [1.54, 1.807) is 6.07 Å². The van der Waals surface area contributed by atoms with Crippen LogP contribution in [0.4, 0.5) is 0 Å². The number of benzene rings is 1. The number of sulfonamides is 1. The minimum absolute atomic E-state index is 0.0345. The molecule has 1 saturated carbocycles. The van der Waals surface area contributed by atoms with Crippen molar-refractivity contribution in [3.8, 4) is 0 Å². The highest BCUT2D eigenvalue weighted by atomic mass is 35.5. The molecule has 2 aliphatic rings. The second-order valence-electron chi connectivity index (χ2n) is 6.86. The monoisotopic (exact) mass is 404 g/mol. The number of rotatable bonds is 5. The first-order valence-corrected chi connectivity index (χ1v) is 10.7. The van der Waals surface area contributed by atoms with Crippen molar-refractivity contribution in [1.29, 1.82) is 0 Å². The average Bonchev–Trinajstić information content (AvgIpc) is 3.39. The van der Waals surface area contributed by atoms with Crippen LogP contribution in [0.5, 0.6) is 0 Å². The summed E-state index contributed by atoms with van der Waals surface area (Å²) in [6.45, 7) is 2.62. The zero-order valence-electron chi connectivity index (χ0n) is 14.0. The Labute approximate surface area is 158 Å². The summed E-state index contributed by atoms with van der Waals surface area (Å²) in [5.41, 5.74) is 0. The summed E-state index contributed by atoms with van der Waals surface area (Å²) in [5.74, 6) is 0.494. The van der Waals surface area contributed by atoms with Gasteiger partial charge in [-0.05, 0) is 50.7 Å². The molecule has 1 N–H and O–H groups in total. The fourth-order valence-corrected chi connectivity index (χ4v) is 5.83. The highest BCUT2D eigenvalue weighted by molar-refractivity contribution is 7.89. The van der Waals surface area contributed by atoms with Gasteiger partial charge in [-0.25, -0.2) is 8.42 Å². The molecule has 0 unspecified atom stereocenters. The molecule has 1 aliphatic heterocycles. The van der Waals surface area contributed by atoms with Crippen LogP contribution in [0.25, 0.3) is 0 Å². The predicted octanol–water partition coefficient (Wildman–Crippen LogP) is 3.31. The molecule has 2 fully saturated rings. The van der Waals surface area contributed by atoms with Crippen molar-refractivity contribution in [1.82, 2.24) is 9.62 Å². The summed E-state index contributed by atoms with van der Waals surface area (Å²) in [7, 11) is -3.76. The van der Waals surface area contributed by atoms with E-state index in [4.69, 9.17) is 23.2 Å². The molecule has 138 valence electrons. The number of piperidine rings is 1. The molecule has 3 rings (SSSR count). The molecule has 1 saturated heterocycles. The highest BCUT2D eigenvalue weighted by Gasteiger charge is 2.36. The van der Waals surface area contributed by atoms with Gasteiger partial charge in [-0.15, -0.1) is 0 Å². The zero-order chi connectivity index (χ0) is 18.2. The van der Waals surface area contributed by atoms with E-state index in [1.807, 2.05) is 6.92 Å². The molecule has 1 amide bonds. The summed E-state index contributed by atoms with van der Waals surface area (Å²) in [5, 5.41) is 3.30. The lowest BCUT2D eigenvalue weighted by molar-refractivity contribution is -0.126. The van der Waals surface area contributed by atoms with Crippen LogP contribution in [0.1, 0.15) is 32.6 Å². The van der Waals surface area contributed by atoms with Crippen molar-refractivity contribution in [2.45, 2.75) is 43.5 Å². The molecule has 0 aromatic heterocycles. The van der Waals surface area contributed by atoms with Gasteiger partial charge in [0, 0.05) is 25.0 Å². The maximum Gasteiger partial charge on any atom is 0.246 e. The van der Waals surface area contributed by atoms with E-state index >= 15 is 0 Å². The van der Waals surface area contributed by atoms with Crippen LogP contribution in [0.3, 0.4) is 0 Å². The highest BCUT2D eigenvalue weighted by Crippen LogP contribution is 2.34. The Morgan fingerprint density at radius 1 is 1.16 bits per heavy atom. The molecular formula is C17H22Cl2N2O3S. The lowest BCUT2D eigenvalue weighted by atomic mass is 9.96. The van der Waals surface area contributed by atoms with Gasteiger partial charge in [-0.2, -0.15) is 4.31 Å². The van der Waals surface area contributed by atoms with Crippen LogP contribution in [0, 0.1) is 11.8 Å². The molecule has 0 radical (unpaired) electrons. The SMILES string of the molecule is C[C@@H](NC(=O)C1CCN(S(=O)(=O)c2c(Cl)cccc2Cl)CC1)C1CC1. The van der Waals surface area contributed by atoms with Gasteiger partial charge in [0.2, 0.25) is 15.9 Å². The largest absolute Gasteiger partial charge is 0.353 e. The van der Waals surface area contributed by atoms with Crippen LogP contribution in [-0.2, 0) is 14.8 Å². The molecule has 1 atom stereocenters. The van der Waals surface area contributed by atoms with E-state index < -0.39 is 10.0 Å². The second-order valence-corrected chi connectivity index (χ2v) is 9.55. The standard InChI is InChI=1S/C17H22Cl2N2O3S/c1-11(12-5-6-12)20-17(22)13-7-9-21(10-8-13)25(23,24)16-14(18)3-2-4-15(16)19/h2-4,11-13H,5-10H2,1H3,(H,20,22)/t11-/m1/s1. The molecule has 0 bridgehead atoms. The van der Waals surface area contributed by atoms with Crippen molar-refractivity contribution >= 4 is 39.1 Å². The van der Waals surface area contributed by atoms with Crippen LogP contribution in [0.15, 0.2) is 23.1 Å². The third-order valence-electron chi connectivity index (χ3n) is 5.04. The summed E-state index contributed by atoms with van der Waals surface area (Å²) >= 11 is 12.1. The van der Waals surface area contributed by atoms with E-state index in [9.17, 15) is 13.2 Å². The van der Waals surface area contributed by atoms with Crippen molar-refractivity contribution in [3.63, 3.8) is 0 Å². The van der Waals surface area contributed by atoms with Crippen molar-refractivity contribution in [2.75, 3.05) is 13.1 Å². The molecule has 25 heavy (non-hydrogen) atoms. The quantitative estimate of drug-likeness (QED) is 0.818. The first-order valence-electron chi connectivity index (χ1n) is 8.55. The van der Waals surface area contributed by atoms with E-state index in [-0.39, 0.29) is 32.8 Å². The van der Waals surface area contributed by atoms with Crippen LogP contribution in [-0.4, -0.2) is 37.8 Å². The number of amides is 1. The Hall–Kier alpha value is -0.820. The number of hydrogen-bond acceptors (Lipinski definition) is 3. The van der Waals surface area contributed by atoms with Gasteiger partial charge >= 0.3 is 0 Å². The second kappa shape index (κ2) is 7.43. The molecular weight excluding hydrogens is 383 g/mol. The number of carbonyl (C=O) groups excluding carboxylic acids is 1. The summed E-state index contributed by atoms with van der Waals surface area (Å²) in [4.78, 5) is 12.3. The van der Waals surface area contributed by atoms with Crippen molar-refractivity contribution < 1.29 is 13.2 Å². The van der Waals surface area contributed by atoms with Crippen LogP contribution >= 0.6 is 23.2 Å². The zero-order valence-corrected chi connectivity index (χ0v) is 16.4. The minimum atomic E-state index is -3.76. The first-order chi connectivity index (χ1) is 11.8. The van der Waals surface area contributed by atoms with Gasteiger partial charge in [0.25, 0.3) is 0 Å². The van der Waals surface area contributed by atoms with E-state index in [0.717, 1.165) is 0 Å². The average molecular weight is 405 g/mol. The molecule has 0 spiro atoms. The third-order valence-corrected chi connectivity index (χ3v) is 7.90. The number of halogens is 2. The molecule has 1 aromatic rings. The van der Waals surface area contributed by atoms with Gasteiger partial charge in [-0.1, -0.05) is 29.3 Å². The predicted molar refractivity (Wildman–Crippen MR) is 98.3 cm³/mol. The van der Waals surface area contributed by atoms with Gasteiger partial charge in [0.1, 0.15) is 4.90 Å². The molecule has 5 nitrogen and oxygen atoms in total. The number of nitrogens with zero attached hydrogens (tertiary/aromatic N) is 1. The third kappa shape index (κ3) is 4.13. The lowest BCUT2D eigenvalue weighted by Crippen LogP contribution is -2.45. The Morgan fingerprint density at radius 3 is 2.24 bits per heavy atom. The van der Waals surface area contributed by atoms with Gasteiger partial charge in [0.05, 0.1) is 10.0 Å². The first kappa shape index (κ1) is 19.0. The van der Waals surface area contributed by atoms with Crippen molar-refractivity contribution in [2.24, 2.45) is 11.8 Å². The molecule has 1 aliphatic carbocycles. The Kier molecular flexibility index (Phi) is 5.63. The number of hydrogen-bond donors (Lipinski definition) is 1. The summed E-state index contributed by atoms with van der Waals surface area (Å²) < 4.78 is 27.0. The topological polar surface area (TPSA) is 66.5 Å². The fourth-order valence-electron chi connectivity index (χ4n) is 3.27. The van der Waals surface area contributed by atoms with Gasteiger partial charge < -0.3 is 5.32 Å². The Balaban J connectivity index is 1.64. The fraction of sp³-hybridized carbons (Fsp3) is 0.588. The summed E-state index contributed by atoms with van der Waals surface area (Å²) in [6.07, 6.45) is 3.36. The minimum Gasteiger partial charge on any atom is -0.353 e. The van der Waals surface area contributed by atoms with Crippen LogP contribution in [0.2, 0.25) is 10.0 Å².